The van der Waals surface area contributed by atoms with Crippen LogP contribution in [0.25, 0.3) is 11.1 Å². The second kappa shape index (κ2) is 5.34. The van der Waals surface area contributed by atoms with Crippen molar-refractivity contribution in [3.8, 4) is 16.9 Å². The van der Waals surface area contributed by atoms with Crippen molar-refractivity contribution in [3.05, 3.63) is 48.0 Å². The lowest BCUT2D eigenvalue weighted by molar-refractivity contribution is 0.112. The molecule has 2 rings (SSSR count). The number of nitrogens with one attached hydrogen (secondary N) is 1. The topological polar surface area (TPSA) is 83.5 Å². The number of phenolic OH excluding ortho intramolecular Hbond substituents is 1. The third-order valence-corrected chi connectivity index (χ3v) is 3.26. The van der Waals surface area contributed by atoms with Crippen LogP contribution in [0.2, 0.25) is 0 Å². The van der Waals surface area contributed by atoms with Crippen LogP contribution in [0.3, 0.4) is 0 Å². The lowest BCUT2D eigenvalue weighted by atomic mass is 10.0. The highest BCUT2D eigenvalue weighted by atomic mass is 32.2. The number of rotatable bonds is 4. The first-order valence-electron chi connectivity index (χ1n) is 5.75. The molecule has 2 aromatic carbocycles. The third kappa shape index (κ3) is 3.36. The Kier molecular flexibility index (Phi) is 3.76. The fourth-order valence-corrected chi connectivity index (χ4v) is 2.36. The Hall–Kier alpha value is -2.34. The van der Waals surface area contributed by atoms with Crippen molar-refractivity contribution in [2.24, 2.45) is 0 Å². The van der Waals surface area contributed by atoms with Crippen LogP contribution in [0.4, 0.5) is 5.69 Å². The molecule has 0 unspecified atom stereocenters. The van der Waals surface area contributed by atoms with E-state index in [0.717, 1.165) is 11.8 Å². The van der Waals surface area contributed by atoms with Gasteiger partial charge < -0.3 is 5.11 Å². The van der Waals surface area contributed by atoms with Gasteiger partial charge in [-0.25, -0.2) is 8.42 Å². The van der Waals surface area contributed by atoms with Crippen LogP contribution in [-0.4, -0.2) is 26.1 Å². The van der Waals surface area contributed by atoms with Crippen LogP contribution in [0.15, 0.2) is 42.5 Å². The minimum absolute atomic E-state index is 0.0887. The van der Waals surface area contributed by atoms with E-state index >= 15 is 0 Å². The fourth-order valence-electron chi connectivity index (χ4n) is 1.80. The Morgan fingerprint density at radius 1 is 1.10 bits per heavy atom. The molecule has 0 saturated heterocycles. The second-order valence-electron chi connectivity index (χ2n) is 4.35. The highest BCUT2D eigenvalue weighted by Crippen LogP contribution is 2.27. The maximum atomic E-state index is 11.2. The molecule has 0 bridgehead atoms. The number of hydrogen-bond acceptors (Lipinski definition) is 4. The van der Waals surface area contributed by atoms with Gasteiger partial charge in [-0.2, -0.15) is 0 Å². The van der Waals surface area contributed by atoms with Gasteiger partial charge in [0.25, 0.3) is 0 Å². The number of benzene rings is 2. The molecule has 6 heteroatoms. The van der Waals surface area contributed by atoms with Gasteiger partial charge in [0.15, 0.2) is 6.29 Å². The predicted molar refractivity (Wildman–Crippen MR) is 77.4 cm³/mol. The second-order valence-corrected chi connectivity index (χ2v) is 6.09. The van der Waals surface area contributed by atoms with Gasteiger partial charge in [-0.15, -0.1) is 0 Å². The van der Waals surface area contributed by atoms with Crippen molar-refractivity contribution in [2.45, 2.75) is 0 Å². The number of sulfonamides is 1. The van der Waals surface area contributed by atoms with E-state index in [1.807, 2.05) is 0 Å². The Morgan fingerprint density at radius 2 is 1.80 bits per heavy atom. The Labute approximate surface area is 116 Å². The number of phenols is 1. The molecule has 0 atom stereocenters. The van der Waals surface area contributed by atoms with E-state index in [0.29, 0.717) is 17.5 Å². The number of hydrogen-bond donors (Lipinski definition) is 2. The maximum Gasteiger partial charge on any atom is 0.229 e. The van der Waals surface area contributed by atoms with Crippen LogP contribution in [0.5, 0.6) is 5.75 Å². The number of aldehydes is 1. The Bertz CT molecular complexity index is 754. The van der Waals surface area contributed by atoms with E-state index in [-0.39, 0.29) is 11.3 Å². The summed E-state index contributed by atoms with van der Waals surface area (Å²) in [6.45, 7) is 0. The van der Waals surface area contributed by atoms with Gasteiger partial charge in [-0.1, -0.05) is 18.2 Å². The molecule has 0 radical (unpaired) electrons. The normalized spacial score (nSPS) is 11.1. The molecule has 0 heterocycles. The van der Waals surface area contributed by atoms with Crippen molar-refractivity contribution < 1.29 is 18.3 Å². The first-order chi connectivity index (χ1) is 9.39. The van der Waals surface area contributed by atoms with Gasteiger partial charge in [0, 0.05) is 5.69 Å². The summed E-state index contributed by atoms with van der Waals surface area (Å²) >= 11 is 0. The summed E-state index contributed by atoms with van der Waals surface area (Å²) in [6, 6.07) is 11.4. The molecule has 0 aliphatic heterocycles. The zero-order valence-corrected chi connectivity index (χ0v) is 11.5. The number of aromatic hydroxyl groups is 1. The number of anilines is 1. The van der Waals surface area contributed by atoms with Gasteiger partial charge in [0.05, 0.1) is 11.8 Å². The molecular formula is C14H13NO4S. The zero-order chi connectivity index (χ0) is 14.8. The minimum atomic E-state index is -3.34. The van der Waals surface area contributed by atoms with Crippen LogP contribution >= 0.6 is 0 Å². The molecule has 0 fully saturated rings. The van der Waals surface area contributed by atoms with E-state index < -0.39 is 10.0 Å². The van der Waals surface area contributed by atoms with E-state index in [1.165, 1.54) is 6.07 Å². The highest BCUT2D eigenvalue weighted by molar-refractivity contribution is 7.92. The minimum Gasteiger partial charge on any atom is -0.507 e. The maximum absolute atomic E-state index is 11.2. The van der Waals surface area contributed by atoms with Crippen molar-refractivity contribution in [1.29, 1.82) is 0 Å². The standard InChI is InChI=1S/C14H13NO4S/c1-20(18,19)15-13-4-2-3-10(8-13)11-5-6-14(17)12(7-11)9-16/h2-9,15,17H,1H3. The van der Waals surface area contributed by atoms with Crippen molar-refractivity contribution in [3.63, 3.8) is 0 Å². The van der Waals surface area contributed by atoms with E-state index in [9.17, 15) is 18.3 Å². The summed E-state index contributed by atoms with van der Waals surface area (Å²) < 4.78 is 24.8. The van der Waals surface area contributed by atoms with Gasteiger partial charge in [0.1, 0.15) is 5.75 Å². The van der Waals surface area contributed by atoms with Gasteiger partial charge in [-0.05, 0) is 35.4 Å². The molecule has 0 spiro atoms. The monoisotopic (exact) mass is 291 g/mol. The zero-order valence-electron chi connectivity index (χ0n) is 10.7. The lowest BCUT2D eigenvalue weighted by Gasteiger charge is -2.08. The molecular weight excluding hydrogens is 278 g/mol. The summed E-state index contributed by atoms with van der Waals surface area (Å²) in [5.41, 5.74) is 2.07. The van der Waals surface area contributed by atoms with E-state index in [1.54, 1.807) is 36.4 Å². The third-order valence-electron chi connectivity index (χ3n) is 2.65. The summed E-state index contributed by atoms with van der Waals surface area (Å²) in [5.74, 6) is -0.0887. The van der Waals surface area contributed by atoms with Gasteiger partial charge in [0.2, 0.25) is 10.0 Å². The van der Waals surface area contributed by atoms with E-state index in [2.05, 4.69) is 4.72 Å². The van der Waals surface area contributed by atoms with Crippen molar-refractivity contribution in [1.82, 2.24) is 0 Å². The molecule has 2 N–H and O–H groups in total. The number of carbonyl (C=O) groups excluding carboxylic acids is 1. The highest BCUT2D eigenvalue weighted by Gasteiger charge is 2.06. The molecule has 0 amide bonds. The SMILES string of the molecule is CS(=O)(=O)Nc1cccc(-c2ccc(O)c(C=O)c2)c1. The summed E-state index contributed by atoms with van der Waals surface area (Å²) in [5, 5.41) is 9.47. The van der Waals surface area contributed by atoms with Crippen molar-refractivity contribution >= 4 is 22.0 Å². The van der Waals surface area contributed by atoms with Crippen LogP contribution in [0, 0.1) is 0 Å². The average Bonchev–Trinajstić information content (AvgIpc) is 2.37. The summed E-state index contributed by atoms with van der Waals surface area (Å²) in [7, 11) is -3.34. The first-order valence-corrected chi connectivity index (χ1v) is 7.64. The molecule has 0 aliphatic carbocycles. The first kappa shape index (κ1) is 14.1. The lowest BCUT2D eigenvalue weighted by Crippen LogP contribution is -2.09. The summed E-state index contributed by atoms with van der Waals surface area (Å²) in [4.78, 5) is 10.8. The molecule has 0 saturated carbocycles. The van der Waals surface area contributed by atoms with Gasteiger partial charge in [-0.3, -0.25) is 9.52 Å². The Morgan fingerprint density at radius 3 is 2.45 bits per heavy atom. The smallest absolute Gasteiger partial charge is 0.229 e. The Balaban J connectivity index is 2.43. The molecule has 0 aliphatic rings. The molecule has 104 valence electrons. The summed E-state index contributed by atoms with van der Waals surface area (Å²) in [6.07, 6.45) is 1.64. The molecule has 20 heavy (non-hydrogen) atoms. The predicted octanol–water partition coefficient (Wildman–Crippen LogP) is 2.24. The quantitative estimate of drug-likeness (QED) is 0.846. The van der Waals surface area contributed by atoms with Crippen LogP contribution in [-0.2, 0) is 10.0 Å². The average molecular weight is 291 g/mol. The fraction of sp³-hybridized carbons (Fsp3) is 0.0714. The molecule has 0 aromatic heterocycles. The molecule has 5 nitrogen and oxygen atoms in total. The van der Waals surface area contributed by atoms with Gasteiger partial charge >= 0.3 is 0 Å². The largest absolute Gasteiger partial charge is 0.507 e. The van der Waals surface area contributed by atoms with Crippen molar-refractivity contribution in [2.75, 3.05) is 11.0 Å². The van der Waals surface area contributed by atoms with E-state index in [4.69, 9.17) is 0 Å². The molecule has 2 aromatic rings. The van der Waals surface area contributed by atoms with Crippen LogP contribution in [0.1, 0.15) is 10.4 Å². The number of carbonyl (C=O) groups is 1. The van der Waals surface area contributed by atoms with Crippen LogP contribution < -0.4 is 4.72 Å².